The Kier molecular flexibility index (Phi) is 8.71. The van der Waals surface area contributed by atoms with E-state index in [4.69, 9.17) is 18.9 Å². The van der Waals surface area contributed by atoms with Gasteiger partial charge in [0, 0.05) is 6.61 Å². The molecule has 0 N–H and O–H groups in total. The number of anilines is 1. The van der Waals surface area contributed by atoms with Gasteiger partial charge in [0.1, 0.15) is 23.3 Å². The SMILES string of the molecule is CC(C)(C)OC(=O)N(C(=O)OC(C)(C)C)c1ccc(C2(C=O)CCOC2)c(COCc2ccccc2)n1. The maximum atomic E-state index is 13.1. The molecule has 1 aliphatic heterocycles. The van der Waals surface area contributed by atoms with E-state index in [0.29, 0.717) is 30.9 Å². The summed E-state index contributed by atoms with van der Waals surface area (Å²) in [6, 6.07) is 12.8. The molecule has 0 saturated carbocycles. The average Bonchev–Trinajstić information content (AvgIpc) is 3.28. The van der Waals surface area contributed by atoms with Crippen LogP contribution in [0.1, 0.15) is 64.8 Å². The van der Waals surface area contributed by atoms with Crippen molar-refractivity contribution in [3.8, 4) is 0 Å². The van der Waals surface area contributed by atoms with Crippen LogP contribution in [0.3, 0.4) is 0 Å². The molecule has 0 aliphatic carbocycles. The third kappa shape index (κ3) is 7.60. The van der Waals surface area contributed by atoms with Crippen LogP contribution in [-0.2, 0) is 42.4 Å². The Morgan fingerprint density at radius 2 is 1.59 bits per heavy atom. The maximum absolute atomic E-state index is 13.1. The minimum atomic E-state index is -0.924. The van der Waals surface area contributed by atoms with Gasteiger partial charge >= 0.3 is 12.2 Å². The van der Waals surface area contributed by atoms with Crippen molar-refractivity contribution in [2.75, 3.05) is 18.1 Å². The fourth-order valence-electron chi connectivity index (χ4n) is 3.84. The third-order valence-corrected chi connectivity index (χ3v) is 5.51. The van der Waals surface area contributed by atoms with Crippen LogP contribution >= 0.6 is 0 Å². The van der Waals surface area contributed by atoms with Crippen molar-refractivity contribution in [1.82, 2.24) is 4.98 Å². The molecule has 2 amide bonds. The number of imide groups is 1. The molecule has 0 spiro atoms. The van der Waals surface area contributed by atoms with Crippen molar-refractivity contribution in [2.24, 2.45) is 0 Å². The van der Waals surface area contributed by atoms with Gasteiger partial charge in [-0.2, -0.15) is 4.90 Å². The molecular formula is C28H36N2O7. The molecule has 1 saturated heterocycles. The summed E-state index contributed by atoms with van der Waals surface area (Å²) < 4.78 is 22.4. The summed E-state index contributed by atoms with van der Waals surface area (Å²) in [5.74, 6) is 0.00512. The molecule has 1 fully saturated rings. The molecule has 1 unspecified atom stereocenters. The Labute approximate surface area is 218 Å². The smallest absolute Gasteiger partial charge is 0.425 e. The van der Waals surface area contributed by atoms with Gasteiger partial charge in [-0.25, -0.2) is 14.6 Å². The van der Waals surface area contributed by atoms with E-state index < -0.39 is 28.8 Å². The second-order valence-electron chi connectivity index (χ2n) is 11.0. The van der Waals surface area contributed by atoms with E-state index in [9.17, 15) is 14.4 Å². The topological polar surface area (TPSA) is 104 Å². The summed E-state index contributed by atoms with van der Waals surface area (Å²) in [5.41, 5.74) is -0.588. The number of carbonyl (C=O) groups excluding carboxylic acids is 3. The molecule has 37 heavy (non-hydrogen) atoms. The average molecular weight is 513 g/mol. The van der Waals surface area contributed by atoms with Gasteiger partial charge in [0.2, 0.25) is 0 Å². The zero-order valence-electron chi connectivity index (χ0n) is 22.4. The number of benzene rings is 1. The highest BCUT2D eigenvalue weighted by Gasteiger charge is 2.40. The van der Waals surface area contributed by atoms with Crippen LogP contribution in [0.2, 0.25) is 0 Å². The number of carbonyl (C=O) groups is 3. The number of rotatable bonds is 7. The second kappa shape index (κ2) is 11.4. The lowest BCUT2D eigenvalue weighted by Crippen LogP contribution is -2.44. The molecule has 1 aromatic carbocycles. The molecule has 0 bridgehead atoms. The molecule has 9 heteroatoms. The highest BCUT2D eigenvalue weighted by Crippen LogP contribution is 2.35. The number of amides is 2. The molecule has 1 aliphatic rings. The van der Waals surface area contributed by atoms with Gasteiger partial charge in [-0.1, -0.05) is 36.4 Å². The summed E-state index contributed by atoms with van der Waals surface area (Å²) in [6.45, 7) is 11.2. The number of hydrogen-bond donors (Lipinski definition) is 0. The van der Waals surface area contributed by atoms with Crippen LogP contribution in [0.25, 0.3) is 0 Å². The van der Waals surface area contributed by atoms with E-state index in [1.165, 1.54) is 6.07 Å². The first-order chi connectivity index (χ1) is 17.3. The van der Waals surface area contributed by atoms with Crippen molar-refractivity contribution in [2.45, 2.75) is 77.8 Å². The Bertz CT molecular complexity index is 1070. The molecule has 3 rings (SSSR count). The molecule has 2 heterocycles. The summed E-state index contributed by atoms with van der Waals surface area (Å²) in [6.07, 6.45) is -0.484. The lowest BCUT2D eigenvalue weighted by molar-refractivity contribution is -0.112. The highest BCUT2D eigenvalue weighted by atomic mass is 16.6. The Morgan fingerprint density at radius 1 is 0.973 bits per heavy atom. The zero-order valence-corrected chi connectivity index (χ0v) is 22.4. The molecule has 2 aromatic rings. The van der Waals surface area contributed by atoms with Gasteiger partial charge in [-0.3, -0.25) is 0 Å². The van der Waals surface area contributed by atoms with E-state index in [0.717, 1.165) is 16.7 Å². The molecule has 1 atom stereocenters. The quantitative estimate of drug-likeness (QED) is 0.459. The van der Waals surface area contributed by atoms with Gasteiger partial charge in [0.25, 0.3) is 0 Å². The van der Waals surface area contributed by atoms with Crippen molar-refractivity contribution in [3.63, 3.8) is 0 Å². The fourth-order valence-corrected chi connectivity index (χ4v) is 3.84. The lowest BCUT2D eigenvalue weighted by Gasteiger charge is -2.29. The van der Waals surface area contributed by atoms with E-state index >= 15 is 0 Å². The van der Waals surface area contributed by atoms with Crippen molar-refractivity contribution >= 4 is 24.3 Å². The number of aldehydes is 1. The second-order valence-corrected chi connectivity index (χ2v) is 11.0. The number of hydrogen-bond acceptors (Lipinski definition) is 8. The summed E-state index contributed by atoms with van der Waals surface area (Å²) in [5, 5.41) is 0. The monoisotopic (exact) mass is 512 g/mol. The predicted molar refractivity (Wildman–Crippen MR) is 137 cm³/mol. The van der Waals surface area contributed by atoms with E-state index in [2.05, 4.69) is 4.98 Å². The third-order valence-electron chi connectivity index (χ3n) is 5.51. The normalized spacial score (nSPS) is 17.8. The van der Waals surface area contributed by atoms with Gasteiger partial charge in [0.15, 0.2) is 0 Å². The molecule has 0 radical (unpaired) electrons. The number of pyridine rings is 1. The van der Waals surface area contributed by atoms with Crippen LogP contribution in [0, 0.1) is 0 Å². The molecular weight excluding hydrogens is 476 g/mol. The van der Waals surface area contributed by atoms with Crippen LogP contribution in [0.5, 0.6) is 0 Å². The Balaban J connectivity index is 2.01. The lowest BCUT2D eigenvalue weighted by atomic mass is 9.80. The summed E-state index contributed by atoms with van der Waals surface area (Å²) in [4.78, 5) is 43.8. The first-order valence-electron chi connectivity index (χ1n) is 12.3. The number of aromatic nitrogens is 1. The van der Waals surface area contributed by atoms with Crippen molar-refractivity contribution in [1.29, 1.82) is 0 Å². The molecule has 1 aromatic heterocycles. The minimum Gasteiger partial charge on any atom is -0.443 e. The standard InChI is InChI=1S/C28H36N2O7/c1-26(2,3)36-24(32)30(25(33)37-27(4,5)6)23-13-12-21(28(18-31)14-15-34-19-28)22(29-23)17-35-16-20-10-8-7-9-11-20/h7-13,18H,14-17,19H2,1-6H3. The van der Waals surface area contributed by atoms with Crippen LogP contribution in [0.15, 0.2) is 42.5 Å². The van der Waals surface area contributed by atoms with E-state index in [1.54, 1.807) is 47.6 Å². The maximum Gasteiger partial charge on any atom is 0.425 e. The number of ether oxygens (including phenoxy) is 4. The predicted octanol–water partition coefficient (Wildman–Crippen LogP) is 5.33. The highest BCUT2D eigenvalue weighted by molar-refractivity contribution is 6.08. The Hall–Kier alpha value is -3.30. The van der Waals surface area contributed by atoms with Gasteiger partial charge < -0.3 is 23.7 Å². The first kappa shape index (κ1) is 28.3. The van der Waals surface area contributed by atoms with Crippen LogP contribution in [-0.4, -0.2) is 47.9 Å². The summed E-state index contributed by atoms with van der Waals surface area (Å²) >= 11 is 0. The largest absolute Gasteiger partial charge is 0.443 e. The van der Waals surface area contributed by atoms with Gasteiger partial charge in [-0.15, -0.1) is 0 Å². The van der Waals surface area contributed by atoms with Gasteiger partial charge in [-0.05, 0) is 65.2 Å². The Morgan fingerprint density at radius 3 is 2.11 bits per heavy atom. The first-order valence-corrected chi connectivity index (χ1v) is 12.3. The molecule has 9 nitrogen and oxygen atoms in total. The van der Waals surface area contributed by atoms with Gasteiger partial charge in [0.05, 0.1) is 30.9 Å². The number of nitrogens with zero attached hydrogens (tertiary/aromatic N) is 2. The minimum absolute atomic E-state index is 0.00512. The van der Waals surface area contributed by atoms with Crippen molar-refractivity contribution in [3.05, 3.63) is 59.3 Å². The van der Waals surface area contributed by atoms with E-state index in [-0.39, 0.29) is 19.0 Å². The van der Waals surface area contributed by atoms with Crippen LogP contribution in [0.4, 0.5) is 15.4 Å². The molecule has 200 valence electrons. The summed E-state index contributed by atoms with van der Waals surface area (Å²) in [7, 11) is 0. The van der Waals surface area contributed by atoms with E-state index in [1.807, 2.05) is 30.3 Å². The van der Waals surface area contributed by atoms with Crippen LogP contribution < -0.4 is 4.90 Å². The zero-order chi connectivity index (χ0) is 27.3. The fraction of sp³-hybridized carbons (Fsp3) is 0.500. The van der Waals surface area contributed by atoms with Crippen molar-refractivity contribution < 1.29 is 33.3 Å².